The van der Waals surface area contributed by atoms with Crippen molar-refractivity contribution in [2.45, 2.75) is 51.1 Å². The van der Waals surface area contributed by atoms with Crippen molar-refractivity contribution in [3.05, 3.63) is 77.0 Å². The zero-order chi connectivity index (χ0) is 26.4. The van der Waals surface area contributed by atoms with E-state index in [-0.39, 0.29) is 11.9 Å². The van der Waals surface area contributed by atoms with Gasteiger partial charge in [0.1, 0.15) is 11.9 Å². The lowest BCUT2D eigenvalue weighted by Gasteiger charge is -2.62. The topological polar surface area (TPSA) is 88.0 Å². The Morgan fingerprint density at radius 3 is 2.82 bits per heavy atom. The molecule has 0 radical (unpaired) electrons. The molecule has 0 saturated heterocycles. The van der Waals surface area contributed by atoms with E-state index >= 15 is 0 Å². The van der Waals surface area contributed by atoms with E-state index in [4.69, 9.17) is 11.6 Å². The second-order valence-corrected chi connectivity index (χ2v) is 11.4. The van der Waals surface area contributed by atoms with Gasteiger partial charge < -0.3 is 16.1 Å². The summed E-state index contributed by atoms with van der Waals surface area (Å²) in [5.74, 6) is 0.551. The maximum Gasteiger partial charge on any atom is 0.118 e. The van der Waals surface area contributed by atoms with Crippen LogP contribution in [-0.2, 0) is 0 Å². The maximum atomic E-state index is 13.9. The molecule has 9 heteroatoms. The molecule has 0 unspecified atom stereocenters. The van der Waals surface area contributed by atoms with E-state index in [0.717, 1.165) is 47.8 Å². The highest BCUT2D eigenvalue weighted by atomic mass is 35.5. The van der Waals surface area contributed by atoms with Gasteiger partial charge in [-0.1, -0.05) is 30.3 Å². The van der Waals surface area contributed by atoms with Crippen molar-refractivity contribution < 1.29 is 4.39 Å². The Labute approximate surface area is 227 Å². The van der Waals surface area contributed by atoms with Gasteiger partial charge in [-0.25, -0.2) is 4.39 Å². The number of anilines is 2. The third-order valence-corrected chi connectivity index (χ3v) is 8.41. The minimum Gasteiger partial charge on any atom is -0.383 e. The molecule has 7 rings (SSSR count). The van der Waals surface area contributed by atoms with Crippen LogP contribution in [0.25, 0.3) is 10.9 Å². The van der Waals surface area contributed by atoms with Crippen molar-refractivity contribution in [2.75, 3.05) is 17.2 Å². The fourth-order valence-electron chi connectivity index (χ4n) is 5.72. The molecule has 4 saturated carbocycles. The van der Waals surface area contributed by atoms with Gasteiger partial charge in [0.25, 0.3) is 0 Å². The fraction of sp³-hybridized carbons (Fsp3) is 0.379. The zero-order valence-corrected chi connectivity index (χ0v) is 22.1. The number of aromatic nitrogens is 1. The Hall–Kier alpha value is -3.54. The number of rotatable bonds is 10. The first kappa shape index (κ1) is 24.8. The normalized spacial score (nSPS) is 24.8. The predicted octanol–water partition coefficient (Wildman–Crippen LogP) is 6.07. The number of nitrogens with one attached hydrogen (secondary N) is 4. The number of hydrazine groups is 2. The van der Waals surface area contributed by atoms with Crippen molar-refractivity contribution in [2.24, 2.45) is 11.3 Å². The van der Waals surface area contributed by atoms with E-state index in [9.17, 15) is 9.65 Å². The molecule has 5 aliphatic rings. The van der Waals surface area contributed by atoms with Crippen LogP contribution in [0.5, 0.6) is 0 Å². The van der Waals surface area contributed by atoms with Gasteiger partial charge in [-0.05, 0) is 74.1 Å². The molecule has 7 nitrogen and oxygen atoms in total. The summed E-state index contributed by atoms with van der Waals surface area (Å²) < 4.78 is 13.9. The molecule has 1 aromatic carbocycles. The molecular formula is C29H31ClFN7. The third-order valence-electron chi connectivity index (χ3n) is 8.12. The molecule has 0 amide bonds. The lowest BCUT2D eigenvalue weighted by Crippen LogP contribution is -2.55. The third kappa shape index (κ3) is 4.61. The monoisotopic (exact) mass is 531 g/mol. The highest BCUT2D eigenvalue weighted by Crippen LogP contribution is 2.64. The second kappa shape index (κ2) is 9.64. The average molecular weight is 532 g/mol. The van der Waals surface area contributed by atoms with Gasteiger partial charge in [-0.15, -0.1) is 5.53 Å². The number of halogens is 2. The Kier molecular flexibility index (Phi) is 6.29. The van der Waals surface area contributed by atoms with Crippen LogP contribution < -0.4 is 21.6 Å². The predicted molar refractivity (Wildman–Crippen MR) is 150 cm³/mol. The smallest absolute Gasteiger partial charge is 0.118 e. The van der Waals surface area contributed by atoms with Crippen molar-refractivity contribution >= 4 is 33.9 Å². The van der Waals surface area contributed by atoms with Crippen LogP contribution in [0.1, 0.15) is 44.6 Å². The van der Waals surface area contributed by atoms with Crippen LogP contribution in [-0.4, -0.2) is 28.6 Å². The molecule has 4 N–H and O–H groups in total. The zero-order valence-electron chi connectivity index (χ0n) is 21.3. The Balaban J connectivity index is 1.33. The molecule has 4 aliphatic carbocycles. The number of fused-ring (bicyclic) bond motifs is 1. The minimum atomic E-state index is -0.384. The Morgan fingerprint density at radius 2 is 2.16 bits per heavy atom. The summed E-state index contributed by atoms with van der Waals surface area (Å²) in [6.07, 6.45) is 14.1. The molecule has 1 aliphatic heterocycles. The van der Waals surface area contributed by atoms with Gasteiger partial charge in [0.15, 0.2) is 0 Å². The molecule has 38 heavy (non-hydrogen) atoms. The van der Waals surface area contributed by atoms with Crippen LogP contribution in [0.3, 0.4) is 0 Å². The highest BCUT2D eigenvalue weighted by molar-refractivity contribution is 6.35. The second-order valence-electron chi connectivity index (χ2n) is 11.0. The summed E-state index contributed by atoms with van der Waals surface area (Å²) in [6.45, 7) is 6.71. The first-order valence-corrected chi connectivity index (χ1v) is 13.5. The van der Waals surface area contributed by atoms with Crippen LogP contribution in [0.2, 0.25) is 5.02 Å². The van der Waals surface area contributed by atoms with E-state index in [1.165, 1.54) is 31.4 Å². The van der Waals surface area contributed by atoms with Crippen LogP contribution in [0, 0.1) is 22.7 Å². The molecular weight excluding hydrogens is 501 g/mol. The molecule has 4 fully saturated rings. The fourth-order valence-corrected chi connectivity index (χ4v) is 5.99. The summed E-state index contributed by atoms with van der Waals surface area (Å²) in [7, 11) is 0. The van der Waals surface area contributed by atoms with Gasteiger partial charge in [-0.3, -0.25) is 9.99 Å². The summed E-state index contributed by atoms with van der Waals surface area (Å²) in [4.78, 5) is 4.49. The van der Waals surface area contributed by atoms with Gasteiger partial charge in [0, 0.05) is 36.1 Å². The average Bonchev–Trinajstić information content (AvgIpc) is 3.60. The summed E-state index contributed by atoms with van der Waals surface area (Å²) in [5, 5.41) is 20.3. The van der Waals surface area contributed by atoms with Gasteiger partial charge >= 0.3 is 0 Å². The number of nitrogens with zero attached hydrogens (tertiary/aromatic N) is 3. The van der Waals surface area contributed by atoms with E-state index in [1.807, 2.05) is 18.3 Å². The van der Waals surface area contributed by atoms with Gasteiger partial charge in [0.05, 0.1) is 33.5 Å². The van der Waals surface area contributed by atoms with E-state index in [0.29, 0.717) is 33.1 Å². The summed E-state index contributed by atoms with van der Waals surface area (Å²) in [5.41, 5.74) is 11.0. The van der Waals surface area contributed by atoms with Crippen molar-refractivity contribution in [1.82, 2.24) is 21.0 Å². The van der Waals surface area contributed by atoms with Crippen LogP contribution in [0.15, 0.2) is 66.4 Å². The van der Waals surface area contributed by atoms with E-state index < -0.39 is 0 Å². The maximum absolute atomic E-state index is 13.9. The first-order chi connectivity index (χ1) is 18.4. The molecule has 1 atom stereocenters. The van der Waals surface area contributed by atoms with E-state index in [1.54, 1.807) is 19.2 Å². The Bertz CT molecular complexity index is 1420. The van der Waals surface area contributed by atoms with Crippen molar-refractivity contribution in [3.8, 4) is 6.07 Å². The number of benzene rings is 1. The molecule has 2 heterocycles. The van der Waals surface area contributed by atoms with E-state index in [2.05, 4.69) is 44.2 Å². The largest absolute Gasteiger partial charge is 0.383 e. The lowest BCUT2D eigenvalue weighted by molar-refractivity contribution is -0.0929. The summed E-state index contributed by atoms with van der Waals surface area (Å²) in [6, 6.07) is 6.16. The lowest BCUT2D eigenvalue weighted by atomic mass is 9.44. The first-order valence-electron chi connectivity index (χ1n) is 13.1. The van der Waals surface area contributed by atoms with Crippen molar-refractivity contribution in [3.63, 3.8) is 0 Å². The highest BCUT2D eigenvalue weighted by Gasteiger charge is 2.56. The SMILES string of the molecule is C=C(/C=C\C(F)=C/C)[C@H](Nc1cc(Cl)c2ncc(C#N)c(NCC34CC(C3)C4)c2c1)C1=CN(C2CC2)NN1. The number of hydrogen-bond acceptors (Lipinski definition) is 7. The molecule has 0 spiro atoms. The standard InChI is InChI=1S/C29H31ClFN7/c1-3-20(31)5-4-17(2)26(25-15-38(37-36-25)22-6-7-22)35-21-8-23-27(34-16-29-10-18(11-29)12-29)19(13-32)14-33-28(23)24(30)9-21/h3-5,8-9,14-15,18,22,26,35-37H,2,6-7,10-12,16H2,1H3,(H,33,34)/b5-4-,20-3+/t18?,26-,29?/m0/s1. The summed E-state index contributed by atoms with van der Waals surface area (Å²) >= 11 is 6.73. The number of nitriles is 1. The number of allylic oxidation sites excluding steroid dienone is 3. The number of hydrogen-bond donors (Lipinski definition) is 4. The van der Waals surface area contributed by atoms with Crippen molar-refractivity contribution in [1.29, 1.82) is 5.26 Å². The minimum absolute atomic E-state index is 0.334. The Morgan fingerprint density at radius 1 is 1.37 bits per heavy atom. The molecule has 1 aromatic heterocycles. The quantitative estimate of drug-likeness (QED) is 0.277. The molecule has 196 valence electrons. The number of pyridine rings is 1. The molecule has 2 bridgehead atoms. The van der Waals surface area contributed by atoms with Crippen LogP contribution >= 0.6 is 11.6 Å². The van der Waals surface area contributed by atoms with Gasteiger partial charge in [-0.2, -0.15) is 5.26 Å². The van der Waals surface area contributed by atoms with Crippen LogP contribution in [0.4, 0.5) is 15.8 Å². The van der Waals surface area contributed by atoms with Gasteiger partial charge in [0.2, 0.25) is 0 Å². The molecule has 2 aromatic rings.